The Bertz CT molecular complexity index is 504. The van der Waals surface area contributed by atoms with Gasteiger partial charge in [0.1, 0.15) is 11.6 Å². The van der Waals surface area contributed by atoms with Crippen LogP contribution < -0.4 is 5.32 Å². The van der Waals surface area contributed by atoms with Gasteiger partial charge in [-0.25, -0.2) is 8.78 Å². The van der Waals surface area contributed by atoms with Gasteiger partial charge in [-0.2, -0.15) is 0 Å². The van der Waals surface area contributed by atoms with Crippen molar-refractivity contribution in [2.45, 2.75) is 25.9 Å². The zero-order valence-corrected chi connectivity index (χ0v) is 12.2. The van der Waals surface area contributed by atoms with Crippen molar-refractivity contribution < 1.29 is 18.3 Å². The molecule has 2 rings (SSSR count). The van der Waals surface area contributed by atoms with E-state index in [1.807, 2.05) is 0 Å². The number of ether oxygens (including phenoxy) is 1. The van der Waals surface area contributed by atoms with Crippen LogP contribution in [-0.4, -0.2) is 43.2 Å². The Kier molecular flexibility index (Phi) is 5.25. The number of benzene rings is 1. The Hall–Kier alpha value is -1.53. The highest BCUT2D eigenvalue weighted by molar-refractivity contribution is 5.81. The number of nitrogens with one attached hydrogen (secondary N) is 1. The lowest BCUT2D eigenvalue weighted by atomic mass is 10.1. The standard InChI is InChI=1S/C15H20F2N2O2/c1-10(13-4-3-12(16)9-14(13)17)18-11(2)15(20)19-5-7-21-8-6-19/h3-4,9-11,18H,5-8H2,1-2H3/t10-,11-/m1/s1. The molecule has 6 heteroatoms. The monoisotopic (exact) mass is 298 g/mol. The molecule has 0 unspecified atom stereocenters. The second-order valence-electron chi connectivity index (χ2n) is 5.21. The van der Waals surface area contributed by atoms with E-state index in [4.69, 9.17) is 4.74 Å². The van der Waals surface area contributed by atoms with Crippen LogP contribution in [0.3, 0.4) is 0 Å². The summed E-state index contributed by atoms with van der Waals surface area (Å²) in [6, 6.07) is 2.63. The van der Waals surface area contributed by atoms with Crippen molar-refractivity contribution in [2.24, 2.45) is 0 Å². The molecule has 0 bridgehead atoms. The lowest BCUT2D eigenvalue weighted by Crippen LogP contribution is -2.49. The van der Waals surface area contributed by atoms with Gasteiger partial charge in [-0.1, -0.05) is 6.07 Å². The maximum Gasteiger partial charge on any atom is 0.239 e. The number of carbonyl (C=O) groups is 1. The molecule has 1 fully saturated rings. The molecule has 0 saturated carbocycles. The molecule has 0 radical (unpaired) electrons. The quantitative estimate of drug-likeness (QED) is 0.922. The number of amides is 1. The first kappa shape index (κ1) is 15.9. The van der Waals surface area contributed by atoms with E-state index in [-0.39, 0.29) is 11.9 Å². The van der Waals surface area contributed by atoms with Gasteiger partial charge in [0.15, 0.2) is 0 Å². The Morgan fingerprint density at radius 1 is 1.29 bits per heavy atom. The van der Waals surface area contributed by atoms with Crippen LogP contribution in [0.1, 0.15) is 25.5 Å². The van der Waals surface area contributed by atoms with Gasteiger partial charge in [-0.3, -0.25) is 10.1 Å². The molecule has 0 aromatic heterocycles. The number of hydrogen-bond acceptors (Lipinski definition) is 3. The first-order valence-corrected chi connectivity index (χ1v) is 7.06. The van der Waals surface area contributed by atoms with Crippen molar-refractivity contribution in [3.63, 3.8) is 0 Å². The fraction of sp³-hybridized carbons (Fsp3) is 0.533. The molecule has 1 aliphatic rings. The van der Waals surface area contributed by atoms with E-state index >= 15 is 0 Å². The van der Waals surface area contributed by atoms with Gasteiger partial charge in [0.05, 0.1) is 19.3 Å². The third kappa shape index (κ3) is 3.98. The first-order valence-electron chi connectivity index (χ1n) is 7.06. The van der Waals surface area contributed by atoms with Gasteiger partial charge in [0, 0.05) is 30.8 Å². The van der Waals surface area contributed by atoms with E-state index < -0.39 is 17.7 Å². The average molecular weight is 298 g/mol. The van der Waals surface area contributed by atoms with Crippen LogP contribution in [0, 0.1) is 11.6 Å². The molecule has 1 aromatic carbocycles. The number of nitrogens with zero attached hydrogens (tertiary/aromatic N) is 1. The Labute approximate surface area is 123 Å². The van der Waals surface area contributed by atoms with Crippen LogP contribution in [0.5, 0.6) is 0 Å². The minimum absolute atomic E-state index is 0.0346. The fourth-order valence-corrected chi connectivity index (χ4v) is 2.45. The molecular formula is C15H20F2N2O2. The van der Waals surface area contributed by atoms with E-state index in [9.17, 15) is 13.6 Å². The van der Waals surface area contributed by atoms with Crippen molar-refractivity contribution in [3.8, 4) is 0 Å². The molecule has 1 aliphatic heterocycles. The highest BCUT2D eigenvalue weighted by Gasteiger charge is 2.24. The van der Waals surface area contributed by atoms with E-state index in [0.29, 0.717) is 31.9 Å². The molecule has 1 N–H and O–H groups in total. The number of morpholine rings is 1. The fourth-order valence-electron chi connectivity index (χ4n) is 2.45. The van der Waals surface area contributed by atoms with Crippen LogP contribution in [0.2, 0.25) is 0 Å². The third-order valence-corrected chi connectivity index (χ3v) is 3.62. The summed E-state index contributed by atoms with van der Waals surface area (Å²) in [6.45, 7) is 5.73. The summed E-state index contributed by atoms with van der Waals surface area (Å²) in [5.74, 6) is -1.26. The Balaban J connectivity index is 1.97. The molecule has 2 atom stereocenters. The minimum Gasteiger partial charge on any atom is -0.378 e. The Morgan fingerprint density at radius 2 is 1.95 bits per heavy atom. The molecule has 1 saturated heterocycles. The highest BCUT2D eigenvalue weighted by Crippen LogP contribution is 2.18. The van der Waals surface area contributed by atoms with Crippen LogP contribution in [-0.2, 0) is 9.53 Å². The van der Waals surface area contributed by atoms with Gasteiger partial charge in [0.2, 0.25) is 5.91 Å². The zero-order valence-electron chi connectivity index (χ0n) is 12.2. The largest absolute Gasteiger partial charge is 0.378 e. The number of halogens is 2. The van der Waals surface area contributed by atoms with Crippen molar-refractivity contribution in [1.82, 2.24) is 10.2 Å². The maximum atomic E-state index is 13.7. The number of hydrogen-bond donors (Lipinski definition) is 1. The maximum absolute atomic E-state index is 13.7. The predicted molar refractivity (Wildman–Crippen MR) is 74.8 cm³/mol. The molecule has 0 aliphatic carbocycles. The second kappa shape index (κ2) is 6.95. The summed E-state index contributed by atoms with van der Waals surface area (Å²) < 4.78 is 31.8. The van der Waals surface area contributed by atoms with E-state index in [1.54, 1.807) is 18.7 Å². The molecule has 1 aromatic rings. The van der Waals surface area contributed by atoms with E-state index in [0.717, 1.165) is 6.07 Å². The molecule has 1 amide bonds. The highest BCUT2D eigenvalue weighted by atomic mass is 19.1. The number of rotatable bonds is 4. The number of carbonyl (C=O) groups excluding carboxylic acids is 1. The molecule has 116 valence electrons. The van der Waals surface area contributed by atoms with Crippen LogP contribution in [0.4, 0.5) is 8.78 Å². The lowest BCUT2D eigenvalue weighted by molar-refractivity contribution is -0.137. The van der Waals surface area contributed by atoms with Crippen molar-refractivity contribution >= 4 is 5.91 Å². The molecule has 21 heavy (non-hydrogen) atoms. The summed E-state index contributed by atoms with van der Waals surface area (Å²) >= 11 is 0. The van der Waals surface area contributed by atoms with Crippen molar-refractivity contribution in [3.05, 3.63) is 35.4 Å². The normalized spacial score (nSPS) is 18.4. The van der Waals surface area contributed by atoms with Crippen molar-refractivity contribution in [1.29, 1.82) is 0 Å². The SMILES string of the molecule is C[C@@H](N[C@H](C)c1ccc(F)cc1F)C(=O)N1CCOCC1. The van der Waals surface area contributed by atoms with Gasteiger partial charge in [0.25, 0.3) is 0 Å². The summed E-state index contributed by atoms with van der Waals surface area (Å²) in [5, 5.41) is 3.06. The first-order chi connectivity index (χ1) is 9.99. The molecule has 1 heterocycles. The average Bonchev–Trinajstić information content (AvgIpc) is 2.47. The Morgan fingerprint density at radius 3 is 2.57 bits per heavy atom. The summed E-state index contributed by atoms with van der Waals surface area (Å²) in [6.07, 6.45) is 0. The van der Waals surface area contributed by atoms with Crippen LogP contribution in [0.25, 0.3) is 0 Å². The second-order valence-corrected chi connectivity index (χ2v) is 5.21. The summed E-state index contributed by atoms with van der Waals surface area (Å²) in [7, 11) is 0. The van der Waals surface area contributed by atoms with Gasteiger partial charge in [-0.05, 0) is 19.9 Å². The van der Waals surface area contributed by atoms with Crippen molar-refractivity contribution in [2.75, 3.05) is 26.3 Å². The summed E-state index contributed by atoms with van der Waals surface area (Å²) in [5.41, 5.74) is 0.345. The third-order valence-electron chi connectivity index (χ3n) is 3.62. The smallest absolute Gasteiger partial charge is 0.239 e. The summed E-state index contributed by atoms with van der Waals surface area (Å²) in [4.78, 5) is 14.0. The molecule has 0 spiro atoms. The zero-order chi connectivity index (χ0) is 15.4. The van der Waals surface area contributed by atoms with Gasteiger partial charge < -0.3 is 9.64 Å². The predicted octanol–water partition coefficient (Wildman–Crippen LogP) is 1.86. The van der Waals surface area contributed by atoms with E-state index in [1.165, 1.54) is 12.1 Å². The molecule has 4 nitrogen and oxygen atoms in total. The lowest BCUT2D eigenvalue weighted by Gasteiger charge is -2.30. The van der Waals surface area contributed by atoms with Gasteiger partial charge in [-0.15, -0.1) is 0 Å². The minimum atomic E-state index is -0.610. The van der Waals surface area contributed by atoms with Crippen LogP contribution >= 0.6 is 0 Å². The van der Waals surface area contributed by atoms with E-state index in [2.05, 4.69) is 5.32 Å². The van der Waals surface area contributed by atoms with Crippen LogP contribution in [0.15, 0.2) is 18.2 Å². The van der Waals surface area contributed by atoms with Gasteiger partial charge >= 0.3 is 0 Å². The topological polar surface area (TPSA) is 41.6 Å². The molecular weight excluding hydrogens is 278 g/mol.